The minimum absolute atomic E-state index is 0.0106. The average molecular weight is 238 g/mol. The molecule has 1 aliphatic carbocycles. The van der Waals surface area contributed by atoms with E-state index in [0.29, 0.717) is 6.42 Å². The highest BCUT2D eigenvalue weighted by Crippen LogP contribution is 2.42. The third-order valence-corrected chi connectivity index (χ3v) is 2.49. The van der Waals surface area contributed by atoms with Gasteiger partial charge in [0.15, 0.2) is 12.5 Å². The second-order valence-corrected chi connectivity index (χ2v) is 3.50. The molecule has 1 rings (SSSR count). The van der Waals surface area contributed by atoms with E-state index in [9.17, 15) is 13.2 Å². The summed E-state index contributed by atoms with van der Waals surface area (Å²) in [5.74, 6) is -0.103. The summed E-state index contributed by atoms with van der Waals surface area (Å²) in [6.07, 6.45) is -2.55. The van der Waals surface area contributed by atoms with Crippen molar-refractivity contribution in [1.29, 1.82) is 5.41 Å². The molecule has 92 valence electrons. The largest absolute Gasteiger partial charge is 0.488 e. The van der Waals surface area contributed by atoms with Crippen LogP contribution in [0.25, 0.3) is 0 Å². The zero-order chi connectivity index (χ0) is 12.4. The number of halogens is 3. The van der Waals surface area contributed by atoms with Gasteiger partial charge in [0, 0.05) is 6.54 Å². The molecule has 4 nitrogen and oxygen atoms in total. The fourth-order valence-corrected chi connectivity index (χ4v) is 1.47. The zero-order valence-electron chi connectivity index (χ0n) is 8.73. The quantitative estimate of drug-likeness (QED) is 0.575. The standard InChI is InChI=1S/C9H13F3N2O2/c1-15-7(14)8(4-13)3-2-6(8)16-5-9(10,11)12/h2,14H,3-5,13H2,1H3. The molecule has 0 fully saturated rings. The highest BCUT2D eigenvalue weighted by atomic mass is 19.4. The first-order valence-electron chi connectivity index (χ1n) is 4.59. The van der Waals surface area contributed by atoms with Crippen molar-refractivity contribution in [2.75, 3.05) is 20.3 Å². The molecule has 0 spiro atoms. The molecule has 0 saturated heterocycles. The first kappa shape index (κ1) is 12.8. The van der Waals surface area contributed by atoms with E-state index in [-0.39, 0.29) is 18.2 Å². The van der Waals surface area contributed by atoms with E-state index in [1.165, 1.54) is 13.2 Å². The van der Waals surface area contributed by atoms with Crippen LogP contribution in [0.5, 0.6) is 0 Å². The average Bonchev–Trinajstić information content (AvgIpc) is 2.15. The molecule has 0 heterocycles. The van der Waals surface area contributed by atoms with Gasteiger partial charge in [-0.2, -0.15) is 13.2 Å². The summed E-state index contributed by atoms with van der Waals surface area (Å²) >= 11 is 0. The Morgan fingerprint density at radius 1 is 1.62 bits per heavy atom. The lowest BCUT2D eigenvalue weighted by Gasteiger charge is -2.39. The summed E-state index contributed by atoms with van der Waals surface area (Å²) < 4.78 is 45.2. The minimum Gasteiger partial charge on any atom is -0.488 e. The zero-order valence-corrected chi connectivity index (χ0v) is 8.73. The number of hydrogen-bond acceptors (Lipinski definition) is 4. The number of rotatable bonds is 4. The summed E-state index contributed by atoms with van der Waals surface area (Å²) in [7, 11) is 1.28. The summed E-state index contributed by atoms with van der Waals surface area (Å²) in [5.41, 5.74) is 4.44. The van der Waals surface area contributed by atoms with Gasteiger partial charge < -0.3 is 15.2 Å². The van der Waals surface area contributed by atoms with Crippen molar-refractivity contribution in [3.63, 3.8) is 0 Å². The van der Waals surface area contributed by atoms with Gasteiger partial charge >= 0.3 is 6.18 Å². The second-order valence-electron chi connectivity index (χ2n) is 3.50. The van der Waals surface area contributed by atoms with Gasteiger partial charge in [0.1, 0.15) is 11.2 Å². The van der Waals surface area contributed by atoms with Crippen LogP contribution in [0.4, 0.5) is 13.2 Å². The Hall–Kier alpha value is -1.24. The first-order valence-corrected chi connectivity index (χ1v) is 4.59. The van der Waals surface area contributed by atoms with Crippen molar-refractivity contribution in [2.45, 2.75) is 12.6 Å². The van der Waals surface area contributed by atoms with Crippen LogP contribution in [0.3, 0.4) is 0 Å². The van der Waals surface area contributed by atoms with Gasteiger partial charge in [0.2, 0.25) is 0 Å². The molecule has 0 aromatic heterocycles. The molecule has 7 heteroatoms. The fraction of sp³-hybridized carbons (Fsp3) is 0.667. The second kappa shape index (κ2) is 4.32. The molecule has 0 saturated carbocycles. The van der Waals surface area contributed by atoms with Crippen molar-refractivity contribution >= 4 is 5.90 Å². The molecule has 0 aromatic carbocycles. The summed E-state index contributed by atoms with van der Waals surface area (Å²) in [5, 5.41) is 7.50. The lowest BCUT2D eigenvalue weighted by molar-refractivity contribution is -0.169. The predicted octanol–water partition coefficient (Wildman–Crippen LogP) is 1.42. The molecule has 0 bridgehead atoms. The maximum absolute atomic E-state index is 11.9. The topological polar surface area (TPSA) is 68.3 Å². The van der Waals surface area contributed by atoms with E-state index in [2.05, 4.69) is 4.74 Å². The monoisotopic (exact) mass is 238 g/mol. The molecule has 1 atom stereocenters. The van der Waals surface area contributed by atoms with E-state index >= 15 is 0 Å². The number of methoxy groups -OCH3 is 1. The van der Waals surface area contributed by atoms with Gasteiger partial charge in [-0.3, -0.25) is 5.41 Å². The molecule has 3 N–H and O–H groups in total. The van der Waals surface area contributed by atoms with Gasteiger partial charge in [0.05, 0.1) is 7.11 Å². The third-order valence-electron chi connectivity index (χ3n) is 2.49. The third kappa shape index (κ3) is 2.29. The normalized spacial score (nSPS) is 24.4. The number of alkyl halides is 3. The predicted molar refractivity (Wildman–Crippen MR) is 50.9 cm³/mol. The van der Waals surface area contributed by atoms with Gasteiger partial charge in [0.25, 0.3) is 0 Å². The van der Waals surface area contributed by atoms with Crippen LogP contribution in [-0.2, 0) is 9.47 Å². The number of nitrogens with one attached hydrogen (secondary N) is 1. The molecule has 1 unspecified atom stereocenters. The number of hydrogen-bond donors (Lipinski definition) is 2. The van der Waals surface area contributed by atoms with Crippen LogP contribution in [0.1, 0.15) is 6.42 Å². The van der Waals surface area contributed by atoms with Gasteiger partial charge in [-0.25, -0.2) is 0 Å². The van der Waals surface area contributed by atoms with Gasteiger partial charge in [-0.1, -0.05) is 0 Å². The van der Waals surface area contributed by atoms with Crippen molar-refractivity contribution < 1.29 is 22.6 Å². The minimum atomic E-state index is -4.40. The smallest absolute Gasteiger partial charge is 0.422 e. The Bertz CT molecular complexity index is 314. The Labute approximate surface area is 90.7 Å². The van der Waals surface area contributed by atoms with E-state index in [1.54, 1.807) is 0 Å². The van der Waals surface area contributed by atoms with E-state index in [1.807, 2.05) is 0 Å². The Balaban J connectivity index is 2.66. The number of allylic oxidation sites excluding steroid dienone is 1. The summed E-state index contributed by atoms with van der Waals surface area (Å²) in [4.78, 5) is 0. The number of ether oxygens (including phenoxy) is 2. The van der Waals surface area contributed by atoms with Gasteiger partial charge in [-0.05, 0) is 12.5 Å². The van der Waals surface area contributed by atoms with E-state index in [4.69, 9.17) is 15.9 Å². The van der Waals surface area contributed by atoms with Crippen molar-refractivity contribution in [3.8, 4) is 0 Å². The van der Waals surface area contributed by atoms with Crippen molar-refractivity contribution in [1.82, 2.24) is 0 Å². The molecular formula is C9H13F3N2O2. The van der Waals surface area contributed by atoms with Crippen LogP contribution in [0, 0.1) is 10.8 Å². The lowest BCUT2D eigenvalue weighted by atomic mass is 9.73. The van der Waals surface area contributed by atoms with Crippen LogP contribution in [-0.4, -0.2) is 32.3 Å². The first-order chi connectivity index (χ1) is 7.35. The maximum atomic E-state index is 11.9. The van der Waals surface area contributed by atoms with Crippen LogP contribution in [0.15, 0.2) is 11.8 Å². The molecule has 0 amide bonds. The molecular weight excluding hydrogens is 225 g/mol. The SMILES string of the molecule is COC(=N)C1(CN)CC=C1OCC(F)(F)F. The summed E-state index contributed by atoms with van der Waals surface area (Å²) in [6.45, 7) is -1.39. The summed E-state index contributed by atoms with van der Waals surface area (Å²) in [6, 6.07) is 0. The van der Waals surface area contributed by atoms with Crippen LogP contribution in [0.2, 0.25) is 0 Å². The van der Waals surface area contributed by atoms with E-state index in [0.717, 1.165) is 0 Å². The Kier molecular flexibility index (Phi) is 3.47. The lowest BCUT2D eigenvalue weighted by Crippen LogP contribution is -2.46. The Morgan fingerprint density at radius 3 is 2.56 bits per heavy atom. The van der Waals surface area contributed by atoms with Crippen molar-refractivity contribution in [2.24, 2.45) is 11.1 Å². The van der Waals surface area contributed by atoms with Crippen LogP contribution >= 0.6 is 0 Å². The molecule has 16 heavy (non-hydrogen) atoms. The van der Waals surface area contributed by atoms with Gasteiger partial charge in [-0.15, -0.1) is 0 Å². The highest BCUT2D eigenvalue weighted by Gasteiger charge is 2.47. The molecule has 1 aliphatic rings. The van der Waals surface area contributed by atoms with Crippen LogP contribution < -0.4 is 5.73 Å². The molecule has 0 aromatic rings. The highest BCUT2D eigenvalue weighted by molar-refractivity contribution is 5.85. The molecule has 0 aliphatic heterocycles. The van der Waals surface area contributed by atoms with E-state index < -0.39 is 18.2 Å². The molecule has 0 radical (unpaired) electrons. The Morgan fingerprint density at radius 2 is 2.25 bits per heavy atom. The van der Waals surface area contributed by atoms with Crippen molar-refractivity contribution in [3.05, 3.63) is 11.8 Å². The fourth-order valence-electron chi connectivity index (χ4n) is 1.47. The maximum Gasteiger partial charge on any atom is 0.422 e. The number of nitrogens with two attached hydrogens (primary N) is 1.